The van der Waals surface area contributed by atoms with E-state index >= 15 is 0 Å². The molecule has 0 heterocycles. The van der Waals surface area contributed by atoms with E-state index < -0.39 is 39.9 Å². The van der Waals surface area contributed by atoms with Crippen molar-refractivity contribution in [3.8, 4) is 0 Å². The van der Waals surface area contributed by atoms with Crippen molar-refractivity contribution in [2.45, 2.75) is 37.5 Å². The molecule has 0 bridgehead atoms. The van der Waals surface area contributed by atoms with Crippen LogP contribution in [0.2, 0.25) is 0 Å². The summed E-state index contributed by atoms with van der Waals surface area (Å²) in [5, 5.41) is 0. The SMILES string of the molecule is COC(=O)C(F)(F)[C@@H](N[S+]([O-])C(C)(C)C)c1cccc(F)c1. The Hall–Kier alpha value is -1.25. The van der Waals surface area contributed by atoms with Crippen molar-refractivity contribution in [1.29, 1.82) is 0 Å². The topological polar surface area (TPSA) is 61.4 Å². The van der Waals surface area contributed by atoms with Gasteiger partial charge in [-0.1, -0.05) is 12.1 Å². The number of alkyl halides is 2. The Balaban J connectivity index is 3.24. The number of hydrogen-bond donors (Lipinski definition) is 1. The summed E-state index contributed by atoms with van der Waals surface area (Å²) in [6.45, 7) is 4.74. The standard InChI is InChI=1S/C14H18F3NO3S/c1-13(2,3)22(20)18-11(14(16,17)12(19)21-4)9-6-5-7-10(15)8-9/h5-8,11,18H,1-4H3/t11-,22?/m0/s1. The molecule has 1 aromatic carbocycles. The van der Waals surface area contributed by atoms with Crippen molar-refractivity contribution in [2.75, 3.05) is 7.11 Å². The lowest BCUT2D eigenvalue weighted by molar-refractivity contribution is -0.172. The van der Waals surface area contributed by atoms with E-state index in [9.17, 15) is 22.5 Å². The molecule has 0 aliphatic rings. The second-order valence-corrected chi connectivity index (χ2v) is 7.60. The highest BCUT2D eigenvalue weighted by atomic mass is 32.2. The smallest absolute Gasteiger partial charge is 0.379 e. The van der Waals surface area contributed by atoms with Gasteiger partial charge in [-0.05, 0) is 38.5 Å². The van der Waals surface area contributed by atoms with Crippen LogP contribution in [0.1, 0.15) is 32.4 Å². The molecule has 0 aliphatic heterocycles. The lowest BCUT2D eigenvalue weighted by Crippen LogP contribution is -2.50. The zero-order chi connectivity index (χ0) is 17.1. The summed E-state index contributed by atoms with van der Waals surface area (Å²) in [5.41, 5.74) is -0.201. The monoisotopic (exact) mass is 337 g/mol. The lowest BCUT2D eigenvalue weighted by atomic mass is 10.0. The normalized spacial score (nSPS) is 15.3. The first kappa shape index (κ1) is 18.8. The first-order valence-corrected chi connectivity index (χ1v) is 7.55. The molecule has 0 fully saturated rings. The quantitative estimate of drug-likeness (QED) is 0.663. The van der Waals surface area contributed by atoms with E-state index in [-0.39, 0.29) is 5.56 Å². The maximum absolute atomic E-state index is 14.3. The average molecular weight is 337 g/mol. The van der Waals surface area contributed by atoms with Gasteiger partial charge in [0.1, 0.15) is 10.6 Å². The number of benzene rings is 1. The minimum atomic E-state index is -4.01. The Labute approximate surface area is 130 Å². The molecule has 2 atom stereocenters. The van der Waals surface area contributed by atoms with Crippen LogP contribution in [0.25, 0.3) is 0 Å². The van der Waals surface area contributed by atoms with Crippen LogP contribution in [0, 0.1) is 5.82 Å². The number of methoxy groups -OCH3 is 1. The van der Waals surface area contributed by atoms with Gasteiger partial charge in [-0.2, -0.15) is 8.78 Å². The Kier molecular flexibility index (Phi) is 5.89. The van der Waals surface area contributed by atoms with Crippen LogP contribution in [-0.4, -0.2) is 28.3 Å². The molecule has 0 aromatic heterocycles. The predicted molar refractivity (Wildman–Crippen MR) is 77.1 cm³/mol. The van der Waals surface area contributed by atoms with Crippen molar-refractivity contribution < 1.29 is 27.3 Å². The van der Waals surface area contributed by atoms with Crippen LogP contribution in [0.5, 0.6) is 0 Å². The van der Waals surface area contributed by atoms with Crippen LogP contribution in [0.4, 0.5) is 13.2 Å². The fourth-order valence-corrected chi connectivity index (χ4v) is 2.43. The molecule has 4 nitrogen and oxygen atoms in total. The Morgan fingerprint density at radius 2 is 1.95 bits per heavy atom. The number of esters is 1. The molecule has 124 valence electrons. The van der Waals surface area contributed by atoms with Crippen LogP contribution in [-0.2, 0) is 20.9 Å². The van der Waals surface area contributed by atoms with Gasteiger partial charge in [-0.25, -0.2) is 9.18 Å². The highest BCUT2D eigenvalue weighted by Crippen LogP contribution is 2.34. The van der Waals surface area contributed by atoms with Gasteiger partial charge in [0.15, 0.2) is 6.04 Å². The molecular formula is C14H18F3NO3S. The summed E-state index contributed by atoms with van der Waals surface area (Å²) in [7, 11) is 0.819. The van der Waals surface area contributed by atoms with E-state index in [0.29, 0.717) is 0 Å². The zero-order valence-corrected chi connectivity index (χ0v) is 13.5. The molecule has 8 heteroatoms. The van der Waals surface area contributed by atoms with Gasteiger partial charge in [0.2, 0.25) is 0 Å². The van der Waals surface area contributed by atoms with E-state index in [1.165, 1.54) is 12.1 Å². The summed E-state index contributed by atoms with van der Waals surface area (Å²) in [5.74, 6) is -6.55. The molecule has 0 amide bonds. The fourth-order valence-electron chi connectivity index (χ4n) is 1.58. The van der Waals surface area contributed by atoms with E-state index in [4.69, 9.17) is 0 Å². The van der Waals surface area contributed by atoms with Gasteiger partial charge in [0.25, 0.3) is 0 Å². The average Bonchev–Trinajstić information content (AvgIpc) is 2.42. The third-order valence-electron chi connectivity index (χ3n) is 2.78. The second-order valence-electron chi connectivity index (χ2n) is 5.60. The van der Waals surface area contributed by atoms with Crippen molar-refractivity contribution in [3.05, 3.63) is 35.6 Å². The van der Waals surface area contributed by atoms with Gasteiger partial charge in [-0.15, -0.1) is 4.72 Å². The molecule has 1 rings (SSSR count). The van der Waals surface area contributed by atoms with Crippen LogP contribution < -0.4 is 4.72 Å². The summed E-state index contributed by atoms with van der Waals surface area (Å²) >= 11 is -1.90. The van der Waals surface area contributed by atoms with E-state index in [2.05, 4.69) is 9.46 Å². The molecular weight excluding hydrogens is 319 g/mol. The van der Waals surface area contributed by atoms with Crippen molar-refractivity contribution in [1.82, 2.24) is 4.72 Å². The number of rotatable bonds is 5. The molecule has 0 saturated carbocycles. The number of carbonyl (C=O) groups excluding carboxylic acids is 1. The summed E-state index contributed by atoms with van der Waals surface area (Å²) in [6.07, 6.45) is 0. The predicted octanol–water partition coefficient (Wildman–Crippen LogP) is 2.73. The third-order valence-corrected chi connectivity index (χ3v) is 4.35. The Bertz CT molecular complexity index is 534. The van der Waals surface area contributed by atoms with Crippen LogP contribution in [0.15, 0.2) is 24.3 Å². The fraction of sp³-hybridized carbons (Fsp3) is 0.500. The maximum Gasteiger partial charge on any atom is 0.379 e. The summed E-state index contributed by atoms with van der Waals surface area (Å²) in [6, 6.07) is 2.41. The highest BCUT2D eigenvalue weighted by Gasteiger charge is 2.52. The van der Waals surface area contributed by atoms with Gasteiger partial charge in [0.05, 0.1) is 7.11 Å². The lowest BCUT2D eigenvalue weighted by Gasteiger charge is -2.31. The summed E-state index contributed by atoms with van der Waals surface area (Å²) < 4.78 is 59.4. The molecule has 0 saturated heterocycles. The number of halogens is 3. The van der Waals surface area contributed by atoms with Crippen molar-refractivity contribution in [2.24, 2.45) is 0 Å². The number of carbonyl (C=O) groups is 1. The molecule has 1 N–H and O–H groups in total. The van der Waals surface area contributed by atoms with Gasteiger partial charge < -0.3 is 9.29 Å². The first-order chi connectivity index (χ1) is 10.00. The molecule has 0 spiro atoms. The molecule has 0 radical (unpaired) electrons. The maximum atomic E-state index is 14.3. The third kappa shape index (κ3) is 4.37. The van der Waals surface area contributed by atoms with Crippen molar-refractivity contribution >= 4 is 17.3 Å². The minimum Gasteiger partial charge on any atom is -0.598 e. The minimum absolute atomic E-state index is 0.201. The molecule has 0 aliphatic carbocycles. The van der Waals surface area contributed by atoms with Crippen LogP contribution >= 0.6 is 0 Å². The van der Waals surface area contributed by atoms with E-state index in [1.807, 2.05) is 0 Å². The molecule has 1 unspecified atom stereocenters. The number of ether oxygens (including phenoxy) is 1. The van der Waals surface area contributed by atoms with Gasteiger partial charge in [0, 0.05) is 11.4 Å². The van der Waals surface area contributed by atoms with Gasteiger partial charge >= 0.3 is 11.9 Å². The molecule has 1 aromatic rings. The zero-order valence-electron chi connectivity index (χ0n) is 12.7. The van der Waals surface area contributed by atoms with Crippen molar-refractivity contribution in [3.63, 3.8) is 0 Å². The second kappa shape index (κ2) is 6.89. The number of hydrogen-bond acceptors (Lipinski definition) is 4. The number of nitrogens with one attached hydrogen (secondary N) is 1. The Morgan fingerprint density at radius 3 is 2.41 bits per heavy atom. The molecule has 22 heavy (non-hydrogen) atoms. The first-order valence-electron chi connectivity index (χ1n) is 6.40. The van der Waals surface area contributed by atoms with Crippen LogP contribution in [0.3, 0.4) is 0 Å². The van der Waals surface area contributed by atoms with E-state index in [1.54, 1.807) is 20.8 Å². The highest BCUT2D eigenvalue weighted by molar-refractivity contribution is 7.90. The van der Waals surface area contributed by atoms with Gasteiger partial charge in [-0.3, -0.25) is 0 Å². The summed E-state index contributed by atoms with van der Waals surface area (Å²) in [4.78, 5) is 11.4. The van der Waals surface area contributed by atoms with E-state index in [0.717, 1.165) is 19.2 Å². The largest absolute Gasteiger partial charge is 0.598 e. The Morgan fingerprint density at radius 1 is 1.36 bits per heavy atom.